The van der Waals surface area contributed by atoms with Gasteiger partial charge in [-0.15, -0.1) is 0 Å². The van der Waals surface area contributed by atoms with E-state index in [1.165, 1.54) is 0 Å². The highest BCUT2D eigenvalue weighted by Crippen LogP contribution is 2.42. The minimum atomic E-state index is -0.612. The van der Waals surface area contributed by atoms with Gasteiger partial charge in [0.25, 0.3) is 0 Å². The molecule has 0 aliphatic heterocycles. The number of ether oxygens (including phenoxy) is 1. The van der Waals surface area contributed by atoms with Crippen molar-refractivity contribution in [3.8, 4) is 17.0 Å². The molecule has 4 aromatic carbocycles. The largest absolute Gasteiger partial charge is 0.493 e. The highest BCUT2D eigenvalue weighted by Gasteiger charge is 2.38. The number of para-hydroxylation sites is 1. The molecule has 0 aliphatic rings. The van der Waals surface area contributed by atoms with E-state index in [1.54, 1.807) is 0 Å². The van der Waals surface area contributed by atoms with Gasteiger partial charge in [0.2, 0.25) is 0 Å². The van der Waals surface area contributed by atoms with Crippen LogP contribution in [-0.2, 0) is 5.54 Å². The van der Waals surface area contributed by atoms with Gasteiger partial charge >= 0.3 is 0 Å². The molecule has 4 nitrogen and oxygen atoms in total. The number of aliphatic hydroxyl groups is 1. The Bertz CT molecular complexity index is 1360. The number of nitrogens with zero attached hydrogens (tertiary/aromatic N) is 2. The Morgan fingerprint density at radius 3 is 1.74 bits per heavy atom. The maximum atomic E-state index is 9.37. The Hall–Kier alpha value is -4.15. The van der Waals surface area contributed by atoms with Crippen molar-refractivity contribution in [3.63, 3.8) is 0 Å². The summed E-state index contributed by atoms with van der Waals surface area (Å²) < 4.78 is 8.52. The minimum absolute atomic E-state index is 0.0198. The molecule has 1 heterocycles. The summed E-state index contributed by atoms with van der Waals surface area (Å²) >= 11 is 0. The lowest BCUT2D eigenvalue weighted by molar-refractivity contribution is 0.172. The van der Waals surface area contributed by atoms with Crippen LogP contribution in [0, 0.1) is 5.41 Å². The van der Waals surface area contributed by atoms with Crippen LogP contribution in [-0.4, -0.2) is 27.9 Å². The van der Waals surface area contributed by atoms with Crippen LogP contribution in [0.15, 0.2) is 128 Å². The van der Waals surface area contributed by atoms with Gasteiger partial charge in [-0.2, -0.15) is 0 Å². The van der Waals surface area contributed by atoms with E-state index in [9.17, 15) is 5.11 Å². The Balaban J connectivity index is 1.59. The van der Waals surface area contributed by atoms with Crippen molar-refractivity contribution in [2.24, 2.45) is 5.41 Å². The zero-order valence-corrected chi connectivity index (χ0v) is 22.7. The number of hydrogen-bond acceptors (Lipinski definition) is 3. The summed E-state index contributed by atoms with van der Waals surface area (Å²) in [6.07, 6.45) is 5.67. The second kappa shape index (κ2) is 11.7. The molecule has 0 bridgehead atoms. The number of aliphatic hydroxyl groups excluding tert-OH is 1. The summed E-state index contributed by atoms with van der Waals surface area (Å²) in [7, 11) is 0. The molecule has 0 aliphatic carbocycles. The van der Waals surface area contributed by atoms with Crippen LogP contribution in [0.25, 0.3) is 11.3 Å². The molecule has 4 heteroatoms. The third kappa shape index (κ3) is 5.52. The Kier molecular flexibility index (Phi) is 7.94. The van der Waals surface area contributed by atoms with Crippen LogP contribution in [0.3, 0.4) is 0 Å². The van der Waals surface area contributed by atoms with Gasteiger partial charge in [-0.05, 0) is 47.1 Å². The van der Waals surface area contributed by atoms with Crippen LogP contribution in [0.1, 0.15) is 43.4 Å². The molecule has 0 atom stereocenters. The minimum Gasteiger partial charge on any atom is -0.493 e. The lowest BCUT2D eigenvalue weighted by Crippen LogP contribution is -2.36. The number of aromatic nitrogens is 2. The third-order valence-electron chi connectivity index (χ3n) is 7.53. The second-order valence-corrected chi connectivity index (χ2v) is 10.7. The fourth-order valence-electron chi connectivity index (χ4n) is 5.30. The van der Waals surface area contributed by atoms with E-state index < -0.39 is 5.54 Å². The topological polar surface area (TPSA) is 47.3 Å². The molecule has 0 unspecified atom stereocenters. The predicted octanol–water partition coefficient (Wildman–Crippen LogP) is 7.57. The van der Waals surface area contributed by atoms with Crippen LogP contribution < -0.4 is 4.74 Å². The van der Waals surface area contributed by atoms with Crippen molar-refractivity contribution in [3.05, 3.63) is 144 Å². The Labute approximate surface area is 231 Å². The Morgan fingerprint density at radius 1 is 0.692 bits per heavy atom. The lowest BCUT2D eigenvalue weighted by Gasteiger charge is -2.37. The molecule has 5 aromatic rings. The van der Waals surface area contributed by atoms with Gasteiger partial charge in [-0.3, -0.25) is 0 Å². The summed E-state index contributed by atoms with van der Waals surface area (Å²) in [6, 6.07) is 39.9. The fourth-order valence-corrected chi connectivity index (χ4v) is 5.30. The molecule has 0 saturated heterocycles. The van der Waals surface area contributed by atoms with E-state index >= 15 is 0 Å². The van der Waals surface area contributed by atoms with Crippen molar-refractivity contribution in [2.45, 2.75) is 32.2 Å². The number of benzene rings is 4. The molecule has 1 aromatic heterocycles. The van der Waals surface area contributed by atoms with Crippen LogP contribution in [0.5, 0.6) is 5.75 Å². The monoisotopic (exact) mass is 516 g/mol. The molecule has 39 heavy (non-hydrogen) atoms. The molecular weight excluding hydrogens is 480 g/mol. The van der Waals surface area contributed by atoms with E-state index in [0.29, 0.717) is 6.61 Å². The average Bonchev–Trinajstić information content (AvgIpc) is 3.46. The first kappa shape index (κ1) is 26.5. The smallest absolute Gasteiger partial charge is 0.128 e. The maximum absolute atomic E-state index is 9.37. The molecule has 5 rings (SSSR count). The number of imidazole rings is 1. The molecule has 0 spiro atoms. The van der Waals surface area contributed by atoms with Gasteiger partial charge in [0.1, 0.15) is 11.3 Å². The summed E-state index contributed by atoms with van der Waals surface area (Å²) in [5.74, 6) is 0.812. The van der Waals surface area contributed by atoms with Gasteiger partial charge in [0.15, 0.2) is 0 Å². The second-order valence-electron chi connectivity index (χ2n) is 10.7. The SMILES string of the molecule is CC(C)(CCO)CCOc1ccccc1-c1cn(C(c2ccccc2)(c2ccccc2)c2ccccc2)cn1. The van der Waals surface area contributed by atoms with Crippen LogP contribution in [0.4, 0.5) is 0 Å². The molecule has 0 fully saturated rings. The summed E-state index contributed by atoms with van der Waals surface area (Å²) in [5, 5.41) is 9.37. The molecule has 0 radical (unpaired) electrons. The fraction of sp³-hybridized carbons (Fsp3) is 0.229. The molecule has 0 saturated carbocycles. The van der Waals surface area contributed by atoms with E-state index in [4.69, 9.17) is 9.72 Å². The van der Waals surface area contributed by atoms with Crippen molar-refractivity contribution in [1.29, 1.82) is 0 Å². The van der Waals surface area contributed by atoms with E-state index in [0.717, 1.165) is 46.5 Å². The highest BCUT2D eigenvalue weighted by molar-refractivity contribution is 5.67. The van der Waals surface area contributed by atoms with E-state index in [-0.39, 0.29) is 12.0 Å². The first-order chi connectivity index (χ1) is 19.0. The van der Waals surface area contributed by atoms with Crippen molar-refractivity contribution >= 4 is 0 Å². The van der Waals surface area contributed by atoms with Gasteiger partial charge in [0, 0.05) is 18.4 Å². The lowest BCUT2D eigenvalue weighted by atomic mass is 9.77. The highest BCUT2D eigenvalue weighted by atomic mass is 16.5. The molecule has 198 valence electrons. The summed E-state index contributed by atoms with van der Waals surface area (Å²) in [5.41, 5.74) is 4.68. The first-order valence-corrected chi connectivity index (χ1v) is 13.6. The van der Waals surface area contributed by atoms with Gasteiger partial charge in [0.05, 0.1) is 18.6 Å². The molecular formula is C35H36N2O2. The van der Waals surface area contributed by atoms with Gasteiger partial charge < -0.3 is 14.4 Å². The first-order valence-electron chi connectivity index (χ1n) is 13.6. The zero-order chi connectivity index (χ0) is 27.1. The summed E-state index contributed by atoms with van der Waals surface area (Å²) in [4.78, 5) is 4.93. The zero-order valence-electron chi connectivity index (χ0n) is 22.7. The molecule has 1 N–H and O–H groups in total. The van der Waals surface area contributed by atoms with Crippen LogP contribution in [0.2, 0.25) is 0 Å². The van der Waals surface area contributed by atoms with E-state index in [1.807, 2.05) is 24.5 Å². The van der Waals surface area contributed by atoms with E-state index in [2.05, 4.69) is 122 Å². The maximum Gasteiger partial charge on any atom is 0.128 e. The predicted molar refractivity (Wildman–Crippen MR) is 158 cm³/mol. The number of rotatable bonds is 11. The van der Waals surface area contributed by atoms with Crippen molar-refractivity contribution < 1.29 is 9.84 Å². The standard InChI is InChI=1S/C35H36N2O2/c1-34(2,22-24-38)23-25-39-33-21-13-12-20-31(33)32-26-37(27-36-32)35(28-14-6-3-7-15-28,29-16-8-4-9-17-29)30-18-10-5-11-19-30/h3-21,26-27,38H,22-25H2,1-2H3. The number of hydrogen-bond donors (Lipinski definition) is 1. The molecule has 0 amide bonds. The third-order valence-corrected chi connectivity index (χ3v) is 7.53. The van der Waals surface area contributed by atoms with Crippen molar-refractivity contribution in [2.75, 3.05) is 13.2 Å². The van der Waals surface area contributed by atoms with Crippen LogP contribution >= 0.6 is 0 Å². The quantitative estimate of drug-likeness (QED) is 0.184. The average molecular weight is 517 g/mol. The van der Waals surface area contributed by atoms with Crippen molar-refractivity contribution in [1.82, 2.24) is 9.55 Å². The van der Waals surface area contributed by atoms with Gasteiger partial charge in [-0.1, -0.05) is 117 Å². The normalized spacial score (nSPS) is 11.9. The van der Waals surface area contributed by atoms with Gasteiger partial charge in [-0.25, -0.2) is 4.98 Å². The summed E-state index contributed by atoms with van der Waals surface area (Å²) in [6.45, 7) is 5.09. The Morgan fingerprint density at radius 2 is 1.21 bits per heavy atom.